The topological polar surface area (TPSA) is 53.2 Å². The molecular weight excluding hydrogens is 214 g/mol. The third-order valence-corrected chi connectivity index (χ3v) is 2.57. The number of rotatable bonds is 4. The summed E-state index contributed by atoms with van der Waals surface area (Å²) in [6, 6.07) is 15.8. The Morgan fingerprint density at radius 1 is 1.18 bits per heavy atom. The first-order valence-corrected chi connectivity index (χ1v) is 5.46. The van der Waals surface area contributed by atoms with Crippen LogP contribution < -0.4 is 0 Å². The number of nitrogens with zero attached hydrogens (tertiary/aromatic N) is 1. The largest absolute Gasteiger partial charge is 0.394 e. The van der Waals surface area contributed by atoms with Gasteiger partial charge >= 0.3 is 0 Å². The molecule has 1 unspecified atom stereocenters. The Balaban J connectivity index is 2.31. The summed E-state index contributed by atoms with van der Waals surface area (Å²) in [6.07, 6.45) is -0.619. The second-order valence-corrected chi connectivity index (χ2v) is 3.71. The van der Waals surface area contributed by atoms with Crippen LogP contribution in [0.4, 0.5) is 0 Å². The molecule has 3 nitrogen and oxygen atoms in total. The third-order valence-electron chi connectivity index (χ3n) is 2.57. The number of ether oxygens (including phenoxy) is 1. The second-order valence-electron chi connectivity index (χ2n) is 3.71. The van der Waals surface area contributed by atoms with Gasteiger partial charge in [-0.05, 0) is 22.4 Å². The molecule has 0 spiro atoms. The highest BCUT2D eigenvalue weighted by atomic mass is 16.5. The average molecular weight is 227 g/mol. The van der Waals surface area contributed by atoms with E-state index < -0.39 is 6.10 Å². The lowest BCUT2D eigenvalue weighted by atomic mass is 10.0. The van der Waals surface area contributed by atoms with E-state index in [0.29, 0.717) is 0 Å². The SMILES string of the molecule is N#CC(OCCO)c1ccc2ccccc2c1. The zero-order chi connectivity index (χ0) is 12.1. The van der Waals surface area contributed by atoms with Gasteiger partial charge in [0.05, 0.1) is 19.3 Å². The van der Waals surface area contributed by atoms with Crippen LogP contribution in [0.1, 0.15) is 11.7 Å². The minimum absolute atomic E-state index is 0.0776. The van der Waals surface area contributed by atoms with E-state index in [9.17, 15) is 0 Å². The number of hydrogen-bond acceptors (Lipinski definition) is 3. The highest BCUT2D eigenvalue weighted by Gasteiger charge is 2.10. The molecule has 0 aromatic heterocycles. The molecule has 2 aromatic carbocycles. The first kappa shape index (κ1) is 11.6. The Morgan fingerprint density at radius 3 is 2.65 bits per heavy atom. The van der Waals surface area contributed by atoms with E-state index in [-0.39, 0.29) is 13.2 Å². The van der Waals surface area contributed by atoms with Gasteiger partial charge in [-0.2, -0.15) is 5.26 Å². The van der Waals surface area contributed by atoms with E-state index >= 15 is 0 Å². The molecule has 1 N–H and O–H groups in total. The van der Waals surface area contributed by atoms with Crippen LogP contribution in [0.15, 0.2) is 42.5 Å². The standard InChI is InChI=1S/C14H13NO2/c15-10-14(17-8-7-16)13-6-5-11-3-1-2-4-12(11)9-13/h1-6,9,14,16H,7-8H2. The molecule has 1 atom stereocenters. The van der Waals surface area contributed by atoms with Gasteiger partial charge in [0.2, 0.25) is 0 Å². The van der Waals surface area contributed by atoms with Crippen molar-refractivity contribution in [3.8, 4) is 6.07 Å². The molecule has 2 aromatic rings. The average Bonchev–Trinajstić information content (AvgIpc) is 2.39. The number of benzene rings is 2. The summed E-state index contributed by atoms with van der Waals surface area (Å²) in [4.78, 5) is 0. The summed E-state index contributed by atoms with van der Waals surface area (Å²) in [5.41, 5.74) is 0.819. The van der Waals surface area contributed by atoms with Crippen molar-refractivity contribution in [3.63, 3.8) is 0 Å². The van der Waals surface area contributed by atoms with Crippen LogP contribution in [0.25, 0.3) is 10.8 Å². The van der Waals surface area contributed by atoms with Gasteiger partial charge in [-0.15, -0.1) is 0 Å². The Morgan fingerprint density at radius 2 is 1.94 bits per heavy atom. The van der Waals surface area contributed by atoms with Crippen molar-refractivity contribution in [2.75, 3.05) is 13.2 Å². The lowest BCUT2D eigenvalue weighted by Crippen LogP contribution is -2.05. The smallest absolute Gasteiger partial charge is 0.169 e. The zero-order valence-electron chi connectivity index (χ0n) is 9.34. The van der Waals surface area contributed by atoms with E-state index in [1.54, 1.807) is 0 Å². The van der Waals surface area contributed by atoms with Crippen LogP contribution in [-0.2, 0) is 4.74 Å². The molecule has 0 aliphatic heterocycles. The maximum atomic E-state index is 9.02. The molecule has 86 valence electrons. The second kappa shape index (κ2) is 5.44. The van der Waals surface area contributed by atoms with E-state index in [2.05, 4.69) is 6.07 Å². The van der Waals surface area contributed by atoms with Gasteiger partial charge in [0.1, 0.15) is 0 Å². The summed E-state index contributed by atoms with van der Waals surface area (Å²) < 4.78 is 5.26. The lowest BCUT2D eigenvalue weighted by Gasteiger charge is -2.10. The van der Waals surface area contributed by atoms with Crippen molar-refractivity contribution in [2.45, 2.75) is 6.10 Å². The fourth-order valence-corrected chi connectivity index (χ4v) is 1.75. The highest BCUT2D eigenvalue weighted by Crippen LogP contribution is 2.22. The predicted molar refractivity (Wildman–Crippen MR) is 65.3 cm³/mol. The summed E-state index contributed by atoms with van der Waals surface area (Å²) >= 11 is 0. The summed E-state index contributed by atoms with van der Waals surface area (Å²) in [5, 5.41) is 19.9. The molecule has 0 fully saturated rings. The van der Waals surface area contributed by atoms with Crippen LogP contribution in [0.3, 0.4) is 0 Å². The molecule has 3 heteroatoms. The summed E-state index contributed by atoms with van der Waals surface area (Å²) in [5.74, 6) is 0. The normalized spacial score (nSPS) is 12.2. The number of fused-ring (bicyclic) bond motifs is 1. The summed E-state index contributed by atoms with van der Waals surface area (Å²) in [6.45, 7) is 0.0941. The van der Waals surface area contributed by atoms with E-state index in [4.69, 9.17) is 15.1 Å². The minimum atomic E-state index is -0.619. The van der Waals surface area contributed by atoms with Crippen LogP contribution in [0, 0.1) is 11.3 Å². The first-order chi connectivity index (χ1) is 8.35. The molecule has 0 saturated carbocycles. The van der Waals surface area contributed by atoms with Crippen LogP contribution >= 0.6 is 0 Å². The van der Waals surface area contributed by atoms with Gasteiger partial charge in [-0.25, -0.2) is 0 Å². The van der Waals surface area contributed by atoms with Crippen molar-refractivity contribution < 1.29 is 9.84 Å². The molecule has 0 radical (unpaired) electrons. The van der Waals surface area contributed by atoms with Gasteiger partial charge in [0.25, 0.3) is 0 Å². The van der Waals surface area contributed by atoms with Gasteiger partial charge in [0, 0.05) is 0 Å². The van der Waals surface area contributed by atoms with Gasteiger partial charge in [0.15, 0.2) is 6.10 Å². The van der Waals surface area contributed by atoms with Crippen LogP contribution in [0.5, 0.6) is 0 Å². The fraction of sp³-hybridized carbons (Fsp3) is 0.214. The number of aliphatic hydroxyl groups excluding tert-OH is 1. The maximum Gasteiger partial charge on any atom is 0.169 e. The Kier molecular flexibility index (Phi) is 3.71. The molecule has 0 aliphatic rings. The van der Waals surface area contributed by atoms with Gasteiger partial charge < -0.3 is 9.84 Å². The molecule has 0 bridgehead atoms. The number of aliphatic hydroxyl groups is 1. The monoisotopic (exact) mass is 227 g/mol. The molecule has 0 saturated heterocycles. The van der Waals surface area contributed by atoms with Crippen LogP contribution in [0.2, 0.25) is 0 Å². The molecule has 0 aliphatic carbocycles. The Hall–Kier alpha value is -1.89. The van der Waals surface area contributed by atoms with Crippen molar-refractivity contribution in [2.24, 2.45) is 0 Å². The van der Waals surface area contributed by atoms with E-state index in [1.807, 2.05) is 42.5 Å². The van der Waals surface area contributed by atoms with Crippen molar-refractivity contribution in [1.29, 1.82) is 5.26 Å². The Bertz CT molecular complexity index is 545. The number of nitriles is 1. The van der Waals surface area contributed by atoms with Crippen molar-refractivity contribution in [3.05, 3.63) is 48.0 Å². The lowest BCUT2D eigenvalue weighted by molar-refractivity contribution is 0.0582. The van der Waals surface area contributed by atoms with Crippen molar-refractivity contribution in [1.82, 2.24) is 0 Å². The van der Waals surface area contributed by atoms with Gasteiger partial charge in [-0.3, -0.25) is 0 Å². The predicted octanol–water partition coefficient (Wildman–Crippen LogP) is 2.41. The van der Waals surface area contributed by atoms with Crippen molar-refractivity contribution >= 4 is 10.8 Å². The minimum Gasteiger partial charge on any atom is -0.394 e. The van der Waals surface area contributed by atoms with Crippen LogP contribution in [-0.4, -0.2) is 18.3 Å². The molecule has 0 heterocycles. The quantitative estimate of drug-likeness (QED) is 0.872. The number of hydrogen-bond donors (Lipinski definition) is 1. The van der Waals surface area contributed by atoms with Gasteiger partial charge in [-0.1, -0.05) is 36.4 Å². The highest BCUT2D eigenvalue weighted by molar-refractivity contribution is 5.83. The van der Waals surface area contributed by atoms with E-state index in [1.165, 1.54) is 0 Å². The third kappa shape index (κ3) is 2.62. The molecule has 2 rings (SSSR count). The molecule has 17 heavy (non-hydrogen) atoms. The Labute approximate surface area is 99.9 Å². The first-order valence-electron chi connectivity index (χ1n) is 5.46. The van der Waals surface area contributed by atoms with E-state index in [0.717, 1.165) is 16.3 Å². The molecular formula is C14H13NO2. The zero-order valence-corrected chi connectivity index (χ0v) is 9.34. The summed E-state index contributed by atoms with van der Waals surface area (Å²) in [7, 11) is 0. The molecule has 0 amide bonds. The fourth-order valence-electron chi connectivity index (χ4n) is 1.75. The maximum absolute atomic E-state index is 9.02.